The third-order valence-electron chi connectivity index (χ3n) is 4.26. The second-order valence-corrected chi connectivity index (χ2v) is 5.90. The molecule has 0 bridgehead atoms. The zero-order valence-corrected chi connectivity index (χ0v) is 13.8. The minimum atomic E-state index is -0.234. The first-order chi connectivity index (χ1) is 13.1. The molecule has 0 saturated heterocycles. The molecule has 2 aromatic carbocycles. The Morgan fingerprint density at radius 1 is 0.926 bits per heavy atom. The van der Waals surface area contributed by atoms with Crippen LogP contribution in [0.4, 0.5) is 0 Å². The van der Waals surface area contributed by atoms with Gasteiger partial charge in [-0.25, -0.2) is 0 Å². The van der Waals surface area contributed by atoms with Crippen molar-refractivity contribution in [1.82, 2.24) is 0 Å². The van der Waals surface area contributed by atoms with E-state index in [4.69, 9.17) is 9.15 Å². The van der Waals surface area contributed by atoms with Gasteiger partial charge in [-0.2, -0.15) is 0 Å². The molecule has 0 radical (unpaired) electrons. The minimum absolute atomic E-state index is 0.000773. The van der Waals surface area contributed by atoms with E-state index in [9.17, 15) is 19.5 Å². The number of hydrogen-bond donors (Lipinski definition) is 1. The zero-order valence-electron chi connectivity index (χ0n) is 13.8. The Morgan fingerprint density at radius 3 is 2.56 bits per heavy atom. The molecule has 6 heteroatoms. The van der Waals surface area contributed by atoms with Crippen molar-refractivity contribution in [2.24, 2.45) is 0 Å². The van der Waals surface area contributed by atoms with Crippen LogP contribution in [-0.4, -0.2) is 17.9 Å². The Hall–Kier alpha value is -3.93. The van der Waals surface area contributed by atoms with Crippen LogP contribution in [0.5, 0.6) is 11.5 Å². The van der Waals surface area contributed by atoms with Crippen molar-refractivity contribution < 1.29 is 23.8 Å². The minimum Gasteiger partial charge on any atom is -0.508 e. The number of phenols is 1. The summed E-state index contributed by atoms with van der Waals surface area (Å²) in [7, 11) is 0. The molecule has 1 aliphatic carbocycles. The second kappa shape index (κ2) is 6.42. The highest BCUT2D eigenvalue weighted by atomic mass is 16.5. The largest absolute Gasteiger partial charge is 0.508 e. The van der Waals surface area contributed by atoms with Crippen LogP contribution in [-0.2, 0) is 4.79 Å². The zero-order chi connectivity index (χ0) is 19.0. The smallest absolute Gasteiger partial charge is 0.298 e. The van der Waals surface area contributed by atoms with Gasteiger partial charge in [0.05, 0.1) is 0 Å². The number of ether oxygens (including phenoxy) is 1. The maximum absolute atomic E-state index is 11.8. The summed E-state index contributed by atoms with van der Waals surface area (Å²) in [6, 6.07) is 13.6. The van der Waals surface area contributed by atoms with Crippen LogP contribution < -0.4 is 10.2 Å². The average molecular weight is 360 g/mol. The molecule has 0 aromatic heterocycles. The van der Waals surface area contributed by atoms with Crippen LogP contribution in [0.15, 0.2) is 63.8 Å². The lowest BCUT2D eigenvalue weighted by Crippen LogP contribution is -2.01. The van der Waals surface area contributed by atoms with E-state index in [0.29, 0.717) is 51.7 Å². The quantitative estimate of drug-likeness (QED) is 0.441. The molecule has 2 aliphatic rings. The van der Waals surface area contributed by atoms with Crippen LogP contribution in [0.3, 0.4) is 0 Å². The van der Waals surface area contributed by atoms with Crippen molar-refractivity contribution >= 4 is 23.7 Å². The number of carbonyl (C=O) groups is 2. The van der Waals surface area contributed by atoms with E-state index in [2.05, 4.69) is 0 Å². The molecule has 0 amide bonds. The number of rotatable bonds is 4. The molecule has 27 heavy (non-hydrogen) atoms. The summed E-state index contributed by atoms with van der Waals surface area (Å²) < 4.78 is 10.9. The molecule has 0 fully saturated rings. The first-order valence-corrected chi connectivity index (χ1v) is 8.00. The third kappa shape index (κ3) is 2.83. The standard InChI is InChI=1S/C21H12O6/c22-10-12-1-6-18(26-11-23)17(7-12)21-15-4-2-13(24)8-19(15)27-20-9-14(25)3-5-16(20)21/h1-11,24H. The lowest BCUT2D eigenvalue weighted by atomic mass is 9.92. The molecular formula is C21H12O6. The average Bonchev–Trinajstić information content (AvgIpc) is 2.66. The molecule has 1 N–H and O–H groups in total. The molecule has 0 spiro atoms. The molecule has 6 nitrogen and oxygen atoms in total. The molecular weight excluding hydrogens is 348 g/mol. The predicted molar refractivity (Wildman–Crippen MR) is 98.3 cm³/mol. The molecule has 0 saturated carbocycles. The number of phenolic OH excluding ortho intramolecular Hbond substituents is 1. The van der Waals surface area contributed by atoms with Crippen LogP contribution in [0, 0.1) is 0 Å². The van der Waals surface area contributed by atoms with Crippen LogP contribution in [0.2, 0.25) is 0 Å². The van der Waals surface area contributed by atoms with Crippen molar-refractivity contribution in [3.8, 4) is 33.9 Å². The van der Waals surface area contributed by atoms with E-state index in [0.717, 1.165) is 0 Å². The van der Waals surface area contributed by atoms with E-state index in [1.54, 1.807) is 18.2 Å². The predicted octanol–water partition coefficient (Wildman–Crippen LogP) is 3.62. The van der Waals surface area contributed by atoms with Gasteiger partial charge in [0.1, 0.15) is 29.1 Å². The summed E-state index contributed by atoms with van der Waals surface area (Å²) >= 11 is 0. The topological polar surface area (TPSA) is 93.8 Å². The van der Waals surface area contributed by atoms with Gasteiger partial charge in [0, 0.05) is 39.8 Å². The summed E-state index contributed by atoms with van der Waals surface area (Å²) in [6.07, 6.45) is 0.688. The molecule has 1 aliphatic heterocycles. The van der Waals surface area contributed by atoms with Gasteiger partial charge in [-0.15, -0.1) is 0 Å². The second-order valence-electron chi connectivity index (χ2n) is 5.90. The van der Waals surface area contributed by atoms with E-state index < -0.39 is 0 Å². The van der Waals surface area contributed by atoms with E-state index in [1.807, 2.05) is 0 Å². The van der Waals surface area contributed by atoms with Crippen molar-refractivity contribution in [2.45, 2.75) is 0 Å². The first kappa shape index (κ1) is 16.5. The molecule has 0 unspecified atom stereocenters. The lowest BCUT2D eigenvalue weighted by Gasteiger charge is -2.17. The lowest BCUT2D eigenvalue weighted by molar-refractivity contribution is -0.120. The highest BCUT2D eigenvalue weighted by Gasteiger charge is 2.20. The Labute approximate surface area is 152 Å². The van der Waals surface area contributed by atoms with Crippen molar-refractivity contribution in [3.05, 3.63) is 70.4 Å². The summed E-state index contributed by atoms with van der Waals surface area (Å²) in [4.78, 5) is 34.0. The van der Waals surface area contributed by atoms with E-state index in [-0.39, 0.29) is 16.9 Å². The van der Waals surface area contributed by atoms with E-state index in [1.165, 1.54) is 36.4 Å². The van der Waals surface area contributed by atoms with Gasteiger partial charge in [0.2, 0.25) is 0 Å². The number of fused-ring (bicyclic) bond motifs is 2. The number of carbonyl (C=O) groups excluding carboxylic acids is 2. The summed E-state index contributed by atoms with van der Waals surface area (Å²) in [5, 5.41) is 10.4. The Bertz CT molecular complexity index is 1220. The Balaban J connectivity index is 2.19. The van der Waals surface area contributed by atoms with Gasteiger partial charge in [0.15, 0.2) is 5.43 Å². The molecule has 132 valence electrons. The fourth-order valence-electron chi connectivity index (χ4n) is 3.12. The van der Waals surface area contributed by atoms with Crippen molar-refractivity contribution in [1.29, 1.82) is 0 Å². The maximum Gasteiger partial charge on any atom is 0.298 e. The molecule has 4 rings (SSSR count). The third-order valence-corrected chi connectivity index (χ3v) is 4.26. The molecule has 1 heterocycles. The fraction of sp³-hybridized carbons (Fsp3) is 0. The van der Waals surface area contributed by atoms with Crippen LogP contribution >= 0.6 is 0 Å². The highest BCUT2D eigenvalue weighted by molar-refractivity contribution is 6.04. The molecule has 0 atom stereocenters. The SMILES string of the molecule is O=COc1ccc(C=O)cc1-c1c2ccc(=O)cc-2oc2cc(O)ccc12. The van der Waals surface area contributed by atoms with Gasteiger partial charge in [0.25, 0.3) is 6.47 Å². The summed E-state index contributed by atoms with van der Waals surface area (Å²) in [5.41, 5.74) is 2.21. The van der Waals surface area contributed by atoms with Crippen LogP contribution in [0.1, 0.15) is 10.4 Å². The number of aldehydes is 1. The van der Waals surface area contributed by atoms with Gasteiger partial charge in [-0.1, -0.05) is 0 Å². The molecule has 2 aromatic rings. The monoisotopic (exact) mass is 360 g/mol. The van der Waals surface area contributed by atoms with Gasteiger partial charge in [-0.3, -0.25) is 14.4 Å². The fourth-order valence-corrected chi connectivity index (χ4v) is 3.12. The van der Waals surface area contributed by atoms with Crippen molar-refractivity contribution in [3.63, 3.8) is 0 Å². The number of aromatic hydroxyl groups is 1. The Kier molecular flexibility index (Phi) is 3.93. The van der Waals surface area contributed by atoms with E-state index >= 15 is 0 Å². The summed E-state index contributed by atoms with van der Waals surface area (Å²) in [6.45, 7) is 0.304. The number of benzene rings is 3. The van der Waals surface area contributed by atoms with Gasteiger partial charge >= 0.3 is 0 Å². The Morgan fingerprint density at radius 2 is 1.78 bits per heavy atom. The van der Waals surface area contributed by atoms with Gasteiger partial charge < -0.3 is 14.3 Å². The normalized spacial score (nSPS) is 10.8. The first-order valence-electron chi connectivity index (χ1n) is 8.00. The highest BCUT2D eigenvalue weighted by Crippen LogP contribution is 2.44. The number of hydrogen-bond acceptors (Lipinski definition) is 6. The maximum atomic E-state index is 11.8. The van der Waals surface area contributed by atoms with Crippen molar-refractivity contribution in [2.75, 3.05) is 0 Å². The van der Waals surface area contributed by atoms with Gasteiger partial charge in [-0.05, 0) is 42.5 Å². The van der Waals surface area contributed by atoms with Crippen LogP contribution in [0.25, 0.3) is 33.4 Å². The summed E-state index contributed by atoms with van der Waals surface area (Å²) in [5.74, 6) is 0.564.